The monoisotopic (exact) mass is 341 g/mol. The Morgan fingerprint density at radius 3 is 2.52 bits per heavy atom. The van der Waals surface area contributed by atoms with Crippen LogP contribution in [0.2, 0.25) is 0 Å². The van der Waals surface area contributed by atoms with Gasteiger partial charge in [0.2, 0.25) is 0 Å². The van der Waals surface area contributed by atoms with Gasteiger partial charge >= 0.3 is 0 Å². The van der Waals surface area contributed by atoms with Gasteiger partial charge in [-0.2, -0.15) is 0 Å². The lowest BCUT2D eigenvalue weighted by Crippen LogP contribution is -3.15. The Kier molecular flexibility index (Phi) is 6.04. The molecule has 25 heavy (non-hydrogen) atoms. The number of anilines is 1. The van der Waals surface area contributed by atoms with Crippen molar-refractivity contribution in [1.29, 1.82) is 0 Å². The molecule has 2 aromatic rings. The van der Waals surface area contributed by atoms with Crippen molar-refractivity contribution in [1.82, 2.24) is 0 Å². The van der Waals surface area contributed by atoms with Gasteiger partial charge in [-0.3, -0.25) is 4.79 Å². The van der Waals surface area contributed by atoms with Crippen molar-refractivity contribution >= 4 is 11.6 Å². The van der Waals surface area contributed by atoms with E-state index in [4.69, 9.17) is 9.47 Å². The molecule has 2 N–H and O–H groups in total. The van der Waals surface area contributed by atoms with E-state index >= 15 is 0 Å². The van der Waals surface area contributed by atoms with Crippen LogP contribution < -0.4 is 15.0 Å². The second-order valence-electron chi connectivity index (χ2n) is 6.03. The topological polar surface area (TPSA) is 52.0 Å². The van der Waals surface area contributed by atoms with Crippen LogP contribution in [0, 0.1) is 0 Å². The van der Waals surface area contributed by atoms with Crippen molar-refractivity contribution in [2.24, 2.45) is 0 Å². The molecule has 0 radical (unpaired) electrons. The SMILES string of the molecule is CCOc1ccccc1NC(=O)[C@H](c1ccccc1)[NH+]1CCOCC1. The van der Waals surface area contributed by atoms with E-state index in [0.717, 1.165) is 18.7 Å². The van der Waals surface area contributed by atoms with Crippen LogP contribution in [0.5, 0.6) is 5.75 Å². The Bertz CT molecular complexity index is 684. The number of para-hydroxylation sites is 2. The van der Waals surface area contributed by atoms with Crippen LogP contribution >= 0.6 is 0 Å². The molecule has 1 aliphatic heterocycles. The third-order valence-electron chi connectivity index (χ3n) is 4.38. The minimum absolute atomic E-state index is 0.0183. The van der Waals surface area contributed by atoms with Gasteiger partial charge in [0.05, 0.1) is 25.5 Å². The molecule has 5 heteroatoms. The molecule has 1 amide bonds. The van der Waals surface area contributed by atoms with E-state index < -0.39 is 0 Å². The maximum Gasteiger partial charge on any atom is 0.287 e. The number of morpholine rings is 1. The van der Waals surface area contributed by atoms with Crippen molar-refractivity contribution in [3.63, 3.8) is 0 Å². The second kappa shape index (κ2) is 8.65. The number of carbonyl (C=O) groups excluding carboxylic acids is 1. The zero-order valence-electron chi connectivity index (χ0n) is 14.5. The Balaban J connectivity index is 1.84. The van der Waals surface area contributed by atoms with E-state index in [9.17, 15) is 4.79 Å². The number of benzene rings is 2. The zero-order valence-corrected chi connectivity index (χ0v) is 14.5. The largest absolute Gasteiger partial charge is 0.492 e. The number of hydrogen-bond acceptors (Lipinski definition) is 3. The first kappa shape index (κ1) is 17.5. The fraction of sp³-hybridized carbons (Fsp3) is 0.350. The fourth-order valence-corrected chi connectivity index (χ4v) is 3.20. The molecule has 3 rings (SSSR count). The average molecular weight is 341 g/mol. The summed E-state index contributed by atoms with van der Waals surface area (Å²) in [5.74, 6) is 0.678. The lowest BCUT2D eigenvalue weighted by molar-refractivity contribution is -0.929. The standard InChI is InChI=1S/C20H24N2O3/c1-2-25-18-11-7-6-10-17(18)21-20(23)19(16-8-4-3-5-9-16)22-12-14-24-15-13-22/h3-11,19H,2,12-15H2,1H3,(H,21,23)/p+1/t19-/m0/s1. The highest BCUT2D eigenvalue weighted by Crippen LogP contribution is 2.25. The second-order valence-corrected chi connectivity index (χ2v) is 6.03. The van der Waals surface area contributed by atoms with Gasteiger partial charge in [-0.15, -0.1) is 0 Å². The molecule has 132 valence electrons. The first-order valence-corrected chi connectivity index (χ1v) is 8.79. The average Bonchev–Trinajstić information content (AvgIpc) is 2.65. The molecule has 0 saturated carbocycles. The summed E-state index contributed by atoms with van der Waals surface area (Å²) in [7, 11) is 0. The van der Waals surface area contributed by atoms with Crippen LogP contribution in [0.1, 0.15) is 18.5 Å². The van der Waals surface area contributed by atoms with E-state index in [-0.39, 0.29) is 11.9 Å². The highest BCUT2D eigenvalue weighted by Gasteiger charge is 2.33. The van der Waals surface area contributed by atoms with E-state index in [1.54, 1.807) is 0 Å². The minimum atomic E-state index is -0.264. The molecule has 0 spiro atoms. The van der Waals surface area contributed by atoms with Gasteiger partial charge in [0.25, 0.3) is 5.91 Å². The number of nitrogens with one attached hydrogen (secondary N) is 2. The van der Waals surface area contributed by atoms with Crippen LogP contribution in [0.3, 0.4) is 0 Å². The lowest BCUT2D eigenvalue weighted by Gasteiger charge is -2.31. The molecule has 0 aliphatic carbocycles. The summed E-state index contributed by atoms with van der Waals surface area (Å²) in [6.45, 7) is 5.50. The summed E-state index contributed by atoms with van der Waals surface area (Å²) in [5.41, 5.74) is 1.73. The molecule has 2 aromatic carbocycles. The van der Waals surface area contributed by atoms with Crippen LogP contribution in [-0.4, -0.2) is 38.8 Å². The van der Waals surface area contributed by atoms with E-state index in [0.29, 0.717) is 31.3 Å². The van der Waals surface area contributed by atoms with Crippen LogP contribution in [-0.2, 0) is 9.53 Å². The van der Waals surface area contributed by atoms with Crippen LogP contribution in [0.4, 0.5) is 5.69 Å². The van der Waals surface area contributed by atoms with Crippen molar-refractivity contribution < 1.29 is 19.2 Å². The first-order chi connectivity index (χ1) is 12.3. The van der Waals surface area contributed by atoms with Crippen molar-refractivity contribution in [2.75, 3.05) is 38.2 Å². The van der Waals surface area contributed by atoms with Gasteiger partial charge in [-0.05, 0) is 19.1 Å². The Morgan fingerprint density at radius 1 is 1.12 bits per heavy atom. The smallest absolute Gasteiger partial charge is 0.287 e. The number of rotatable bonds is 6. The van der Waals surface area contributed by atoms with Crippen molar-refractivity contribution in [2.45, 2.75) is 13.0 Å². The lowest BCUT2D eigenvalue weighted by atomic mass is 10.0. The number of amides is 1. The van der Waals surface area contributed by atoms with Gasteiger partial charge in [0.15, 0.2) is 6.04 Å². The number of ether oxygens (including phenoxy) is 2. The Hall–Kier alpha value is -2.37. The van der Waals surface area contributed by atoms with E-state index in [1.165, 1.54) is 4.90 Å². The minimum Gasteiger partial charge on any atom is -0.492 e. The molecule has 5 nitrogen and oxygen atoms in total. The fourth-order valence-electron chi connectivity index (χ4n) is 3.20. The van der Waals surface area contributed by atoms with Crippen molar-refractivity contribution in [3.05, 3.63) is 60.2 Å². The summed E-state index contributed by atoms with van der Waals surface area (Å²) < 4.78 is 11.1. The summed E-state index contributed by atoms with van der Waals surface area (Å²) in [5, 5.41) is 3.07. The van der Waals surface area contributed by atoms with Gasteiger partial charge < -0.3 is 19.7 Å². The maximum atomic E-state index is 13.1. The molecular formula is C20H25N2O3+. The summed E-state index contributed by atoms with van der Waals surface area (Å²) in [6, 6.07) is 17.2. The predicted molar refractivity (Wildman–Crippen MR) is 96.9 cm³/mol. The summed E-state index contributed by atoms with van der Waals surface area (Å²) in [6.07, 6.45) is 0. The van der Waals surface area contributed by atoms with Crippen LogP contribution in [0.25, 0.3) is 0 Å². The quantitative estimate of drug-likeness (QED) is 0.841. The van der Waals surface area contributed by atoms with Crippen LogP contribution in [0.15, 0.2) is 54.6 Å². The van der Waals surface area contributed by atoms with Gasteiger partial charge in [-0.1, -0.05) is 42.5 Å². The number of hydrogen-bond donors (Lipinski definition) is 2. The third-order valence-corrected chi connectivity index (χ3v) is 4.38. The summed E-state index contributed by atoms with van der Waals surface area (Å²) in [4.78, 5) is 14.4. The normalized spacial score (nSPS) is 16.2. The summed E-state index contributed by atoms with van der Waals surface area (Å²) >= 11 is 0. The van der Waals surface area contributed by atoms with Gasteiger partial charge in [0.1, 0.15) is 18.8 Å². The molecule has 1 heterocycles. The maximum absolute atomic E-state index is 13.1. The highest BCUT2D eigenvalue weighted by atomic mass is 16.5. The molecule has 1 saturated heterocycles. The molecule has 0 bridgehead atoms. The first-order valence-electron chi connectivity index (χ1n) is 8.79. The molecule has 0 unspecified atom stereocenters. The van der Waals surface area contributed by atoms with E-state index in [2.05, 4.69) is 5.32 Å². The highest BCUT2D eigenvalue weighted by molar-refractivity contribution is 5.95. The van der Waals surface area contributed by atoms with Gasteiger partial charge in [-0.25, -0.2) is 0 Å². The van der Waals surface area contributed by atoms with E-state index in [1.807, 2.05) is 61.5 Å². The molecule has 0 aromatic heterocycles. The number of carbonyl (C=O) groups is 1. The Morgan fingerprint density at radius 2 is 1.80 bits per heavy atom. The third kappa shape index (κ3) is 4.38. The Labute approximate surface area is 148 Å². The molecule has 1 fully saturated rings. The zero-order chi connectivity index (χ0) is 17.5. The number of quaternary nitrogens is 1. The molecule has 1 atom stereocenters. The molecule has 1 aliphatic rings. The predicted octanol–water partition coefficient (Wildman–Crippen LogP) is 1.68. The molecular weight excluding hydrogens is 316 g/mol. The van der Waals surface area contributed by atoms with Gasteiger partial charge in [0, 0.05) is 5.56 Å². The van der Waals surface area contributed by atoms with Crippen molar-refractivity contribution in [3.8, 4) is 5.75 Å².